The van der Waals surface area contributed by atoms with E-state index >= 15 is 0 Å². The smallest absolute Gasteiger partial charge is 0.252 e. The Kier molecular flexibility index (Phi) is 8.20. The highest BCUT2D eigenvalue weighted by Crippen LogP contribution is 2.44. The predicted molar refractivity (Wildman–Crippen MR) is 141 cm³/mol. The molecule has 2 aliphatic carbocycles. The monoisotopic (exact) mass is 538 g/mol. The van der Waals surface area contributed by atoms with Crippen molar-refractivity contribution in [1.29, 1.82) is 0 Å². The van der Waals surface area contributed by atoms with Crippen molar-refractivity contribution < 1.29 is 22.7 Å². The van der Waals surface area contributed by atoms with E-state index in [0.717, 1.165) is 70.9 Å². The molecule has 0 bridgehead atoms. The van der Waals surface area contributed by atoms with Crippen LogP contribution in [-0.2, 0) is 24.3 Å². The van der Waals surface area contributed by atoms with Gasteiger partial charge in [-0.1, -0.05) is 0 Å². The number of hydrogen-bond donors (Lipinski definition) is 0. The van der Waals surface area contributed by atoms with Gasteiger partial charge in [0.05, 0.1) is 17.3 Å². The molecule has 2 saturated carbocycles. The Morgan fingerprint density at radius 2 is 1.54 bits per heavy atom. The van der Waals surface area contributed by atoms with E-state index in [1.54, 1.807) is 11.2 Å². The standard InChI is InChI=1S/C27H46N4O5S/c1-19-18-30(27(33)26-5-4-16-36-26)25-17-22(8-11-24(25)31(19)20(2)32)21-6-9-23(10-7-21)37(34,35)29-14-12-28(3)13-15-29/h19,21-26H,4-18H2,1-3H3/t19-,21?,22?,23?,24?,25?,26?/m0/s1. The van der Waals surface area contributed by atoms with Crippen LogP contribution in [0.5, 0.6) is 0 Å². The van der Waals surface area contributed by atoms with E-state index in [9.17, 15) is 18.0 Å². The Balaban J connectivity index is 1.25. The fourth-order valence-corrected chi connectivity index (χ4v) is 9.91. The third-order valence-electron chi connectivity index (χ3n) is 10.00. The van der Waals surface area contributed by atoms with Crippen molar-refractivity contribution in [1.82, 2.24) is 19.0 Å². The van der Waals surface area contributed by atoms with Gasteiger partial charge in [0, 0.05) is 52.3 Å². The molecular formula is C27H46N4O5S. The Morgan fingerprint density at radius 1 is 0.865 bits per heavy atom. The molecule has 3 heterocycles. The van der Waals surface area contributed by atoms with Crippen LogP contribution in [0.1, 0.15) is 71.6 Å². The number of rotatable bonds is 4. The number of carbonyl (C=O) groups excluding carboxylic acids is 2. The van der Waals surface area contributed by atoms with Crippen LogP contribution in [0.25, 0.3) is 0 Å². The lowest BCUT2D eigenvalue weighted by Crippen LogP contribution is -2.68. The average Bonchev–Trinajstić information content (AvgIpc) is 3.43. The van der Waals surface area contributed by atoms with Crippen molar-refractivity contribution in [3.05, 3.63) is 0 Å². The average molecular weight is 539 g/mol. The summed E-state index contributed by atoms with van der Waals surface area (Å²) in [5, 5.41) is -0.259. The van der Waals surface area contributed by atoms with Crippen LogP contribution in [0.3, 0.4) is 0 Å². The van der Waals surface area contributed by atoms with Crippen LogP contribution in [-0.4, -0.2) is 115 Å². The maximum absolute atomic E-state index is 13.5. The molecule has 10 heteroatoms. The van der Waals surface area contributed by atoms with Crippen LogP contribution in [0.2, 0.25) is 0 Å². The number of nitrogens with zero attached hydrogens (tertiary/aromatic N) is 4. The van der Waals surface area contributed by atoms with Crippen LogP contribution in [0.15, 0.2) is 0 Å². The van der Waals surface area contributed by atoms with Crippen LogP contribution in [0, 0.1) is 11.8 Å². The fourth-order valence-electron chi connectivity index (χ4n) is 7.95. The van der Waals surface area contributed by atoms with Gasteiger partial charge in [-0.3, -0.25) is 9.59 Å². The number of sulfonamides is 1. The Hall–Kier alpha value is -1.23. The van der Waals surface area contributed by atoms with Crippen molar-refractivity contribution in [2.24, 2.45) is 11.8 Å². The summed E-state index contributed by atoms with van der Waals surface area (Å²) in [4.78, 5) is 32.4. The minimum absolute atomic E-state index is 0.0101. The normalized spacial score (nSPS) is 38.4. The van der Waals surface area contributed by atoms with Crippen molar-refractivity contribution in [2.75, 3.05) is 46.4 Å². The first kappa shape index (κ1) is 27.3. The van der Waals surface area contributed by atoms with Crippen LogP contribution < -0.4 is 0 Å². The molecule has 3 saturated heterocycles. The fraction of sp³-hybridized carbons (Fsp3) is 0.926. The van der Waals surface area contributed by atoms with Crippen molar-refractivity contribution in [3.63, 3.8) is 0 Å². The Labute approximate surface area is 222 Å². The van der Waals surface area contributed by atoms with E-state index < -0.39 is 10.0 Å². The van der Waals surface area contributed by atoms with Gasteiger partial charge in [-0.05, 0) is 83.6 Å². The van der Waals surface area contributed by atoms with Gasteiger partial charge in [-0.15, -0.1) is 0 Å². The summed E-state index contributed by atoms with van der Waals surface area (Å²) in [7, 11) is -1.19. The van der Waals surface area contributed by atoms with Crippen LogP contribution >= 0.6 is 0 Å². The van der Waals surface area contributed by atoms with E-state index in [4.69, 9.17) is 4.74 Å². The van der Waals surface area contributed by atoms with E-state index in [1.165, 1.54) is 0 Å². The molecule has 37 heavy (non-hydrogen) atoms. The van der Waals surface area contributed by atoms with Gasteiger partial charge >= 0.3 is 0 Å². The minimum Gasteiger partial charge on any atom is -0.368 e. The maximum atomic E-state index is 13.5. The maximum Gasteiger partial charge on any atom is 0.252 e. The summed E-state index contributed by atoms with van der Waals surface area (Å²) in [6, 6.07) is 0.107. The number of carbonyl (C=O) groups is 2. The molecule has 5 aliphatic rings. The van der Waals surface area contributed by atoms with Crippen molar-refractivity contribution in [3.8, 4) is 0 Å². The Morgan fingerprint density at radius 3 is 2.16 bits per heavy atom. The first-order chi connectivity index (χ1) is 17.7. The van der Waals surface area contributed by atoms with Gasteiger partial charge in [0.15, 0.2) is 0 Å². The summed E-state index contributed by atoms with van der Waals surface area (Å²) in [5.41, 5.74) is 0. The molecule has 0 aromatic heterocycles. The zero-order chi connectivity index (χ0) is 26.3. The molecule has 2 amide bonds. The topological polar surface area (TPSA) is 90.5 Å². The zero-order valence-electron chi connectivity index (χ0n) is 22.9. The number of fused-ring (bicyclic) bond motifs is 1. The second kappa shape index (κ2) is 11.1. The summed E-state index contributed by atoms with van der Waals surface area (Å²) >= 11 is 0. The van der Waals surface area contributed by atoms with Gasteiger partial charge in [0.1, 0.15) is 6.10 Å². The predicted octanol–water partition coefficient (Wildman–Crippen LogP) is 1.92. The lowest BCUT2D eigenvalue weighted by molar-refractivity contribution is -0.160. The number of hydrogen-bond acceptors (Lipinski definition) is 6. The molecule has 0 aromatic rings. The summed E-state index contributed by atoms with van der Waals surface area (Å²) < 4.78 is 34.1. The lowest BCUT2D eigenvalue weighted by atomic mass is 9.69. The number of amides is 2. The molecule has 0 N–H and O–H groups in total. The third kappa shape index (κ3) is 5.45. The van der Waals surface area contributed by atoms with Gasteiger partial charge in [0.2, 0.25) is 15.9 Å². The molecule has 5 atom stereocenters. The quantitative estimate of drug-likeness (QED) is 0.543. The molecule has 5 fully saturated rings. The van der Waals surface area contributed by atoms with Crippen molar-refractivity contribution in [2.45, 2.75) is 101 Å². The molecule has 5 rings (SSSR count). The summed E-state index contributed by atoms with van der Waals surface area (Å²) in [6.07, 6.45) is 7.57. The van der Waals surface area contributed by atoms with Gasteiger partial charge in [-0.25, -0.2) is 8.42 Å². The molecule has 3 aliphatic heterocycles. The molecule has 0 spiro atoms. The van der Waals surface area contributed by atoms with E-state index in [1.807, 2.05) is 11.9 Å². The van der Waals surface area contributed by atoms with E-state index in [-0.39, 0.29) is 41.3 Å². The third-order valence-corrected chi connectivity index (χ3v) is 12.4. The molecule has 0 aromatic carbocycles. The molecule has 9 nitrogen and oxygen atoms in total. The lowest BCUT2D eigenvalue weighted by Gasteiger charge is -2.55. The number of piperazine rings is 2. The second-order valence-electron chi connectivity index (χ2n) is 12.3. The summed E-state index contributed by atoms with van der Waals surface area (Å²) in [5.74, 6) is 1.16. The highest BCUT2D eigenvalue weighted by molar-refractivity contribution is 7.89. The van der Waals surface area contributed by atoms with E-state index in [0.29, 0.717) is 38.1 Å². The highest BCUT2D eigenvalue weighted by atomic mass is 32.2. The van der Waals surface area contributed by atoms with Gasteiger partial charge in [-0.2, -0.15) is 4.31 Å². The van der Waals surface area contributed by atoms with Crippen molar-refractivity contribution >= 4 is 21.8 Å². The first-order valence-electron chi connectivity index (χ1n) is 14.5. The first-order valence-corrected chi connectivity index (χ1v) is 16.1. The molecule has 0 radical (unpaired) electrons. The van der Waals surface area contributed by atoms with Crippen LogP contribution in [0.4, 0.5) is 0 Å². The van der Waals surface area contributed by atoms with Gasteiger partial charge < -0.3 is 19.4 Å². The zero-order valence-corrected chi connectivity index (χ0v) is 23.7. The van der Waals surface area contributed by atoms with Gasteiger partial charge in [0.25, 0.3) is 5.91 Å². The number of ether oxygens (including phenoxy) is 1. The molecular weight excluding hydrogens is 492 g/mol. The Bertz CT molecular complexity index is 938. The second-order valence-corrected chi connectivity index (χ2v) is 14.5. The highest BCUT2D eigenvalue weighted by Gasteiger charge is 2.49. The molecule has 210 valence electrons. The number of likely N-dealkylation sites (N-methyl/N-ethyl adjacent to an activating group) is 1. The SMILES string of the molecule is CC(=O)N1C2CCC(C3CCC(S(=O)(=O)N4CCN(C)CC4)CC3)CC2N(C(=O)C2CCCO2)C[C@@H]1C. The minimum atomic E-state index is -3.24. The van der Waals surface area contributed by atoms with E-state index in [2.05, 4.69) is 16.7 Å². The molecule has 4 unspecified atom stereocenters. The largest absolute Gasteiger partial charge is 0.368 e. The summed E-state index contributed by atoms with van der Waals surface area (Å²) in [6.45, 7) is 7.74.